The molecule has 4 nitrogen and oxygen atoms in total. The number of nitrogens with zero attached hydrogens (tertiary/aromatic N) is 1. The molecule has 0 N–H and O–H groups in total. The molecule has 196 valence electrons. The lowest BCUT2D eigenvalue weighted by atomic mass is 9.88. The molecule has 38 heavy (non-hydrogen) atoms. The molecule has 3 aromatic carbocycles. The van der Waals surface area contributed by atoms with Gasteiger partial charge < -0.3 is 4.74 Å². The van der Waals surface area contributed by atoms with Crippen LogP contribution >= 0.6 is 0 Å². The average molecular weight is 526 g/mol. The second-order valence-corrected chi connectivity index (χ2v) is 11.5. The number of rotatable bonds is 13. The summed E-state index contributed by atoms with van der Waals surface area (Å²) >= 11 is 0. The van der Waals surface area contributed by atoms with E-state index in [0.29, 0.717) is 18.7 Å². The number of pyridine rings is 1. The first-order valence-electron chi connectivity index (χ1n) is 13.2. The van der Waals surface area contributed by atoms with Crippen molar-refractivity contribution in [1.82, 2.24) is 4.98 Å². The molecule has 0 unspecified atom stereocenters. The van der Waals surface area contributed by atoms with Gasteiger partial charge >= 0.3 is 0 Å². The Balaban J connectivity index is 1.34. The van der Waals surface area contributed by atoms with Crippen LogP contribution in [0.1, 0.15) is 55.0 Å². The Kier molecular flexibility index (Phi) is 9.88. The van der Waals surface area contributed by atoms with Crippen LogP contribution in [0.25, 0.3) is 11.1 Å². The van der Waals surface area contributed by atoms with Gasteiger partial charge in [-0.2, -0.15) is 0 Å². The minimum atomic E-state index is -3.15. The Morgan fingerprint density at radius 2 is 1.34 bits per heavy atom. The second-order valence-electron chi connectivity index (χ2n) is 9.29. The molecule has 0 spiro atoms. The van der Waals surface area contributed by atoms with Crippen molar-refractivity contribution in [2.75, 3.05) is 12.4 Å². The molecule has 0 radical (unpaired) electrons. The van der Waals surface area contributed by atoms with Crippen LogP contribution in [-0.2, 0) is 15.6 Å². The molecule has 0 amide bonds. The van der Waals surface area contributed by atoms with Crippen LogP contribution in [-0.4, -0.2) is 25.8 Å². The van der Waals surface area contributed by atoms with E-state index < -0.39 is 9.84 Å². The van der Waals surface area contributed by atoms with Crippen LogP contribution in [0, 0.1) is 0 Å². The summed E-state index contributed by atoms with van der Waals surface area (Å²) in [6.07, 6.45) is 4.78. The fourth-order valence-corrected chi connectivity index (χ4v) is 5.98. The molecule has 0 saturated carbocycles. The highest BCUT2D eigenvalue weighted by Gasteiger charge is 2.14. The van der Waals surface area contributed by atoms with Gasteiger partial charge in [0.25, 0.3) is 0 Å². The Morgan fingerprint density at radius 3 is 1.97 bits per heavy atom. The number of allylic oxidation sites excluding steroid dienone is 1. The van der Waals surface area contributed by atoms with E-state index in [1.54, 1.807) is 18.3 Å². The predicted molar refractivity (Wildman–Crippen MR) is 157 cm³/mol. The van der Waals surface area contributed by atoms with Gasteiger partial charge in [-0.3, -0.25) is 4.98 Å². The molecule has 0 aliphatic rings. The van der Waals surface area contributed by atoms with E-state index in [4.69, 9.17) is 4.74 Å². The molecule has 0 fully saturated rings. The van der Waals surface area contributed by atoms with Gasteiger partial charge in [-0.15, -0.1) is 0 Å². The second kappa shape index (κ2) is 13.7. The normalized spacial score (nSPS) is 12.1. The standard InChI is InChI=1S/C33H35NO3S/c1-2-32(27-14-6-3-7-15-27)33(28-16-8-4-9-17-28)29-19-21-31(22-20-29)37-24-12-5-13-25-38(35,36)26-30-18-10-11-23-34-30/h3-4,6-11,14-23H,2,5,12-13,24-26H2,1H3/b33-32-. The van der Waals surface area contributed by atoms with Crippen molar-refractivity contribution in [3.05, 3.63) is 132 Å². The monoisotopic (exact) mass is 525 g/mol. The molecular formula is C33H35NO3S. The third kappa shape index (κ3) is 7.90. The smallest absolute Gasteiger partial charge is 0.156 e. The SMILES string of the molecule is CC/C(=C(\c1ccccc1)c1ccc(OCCCCCS(=O)(=O)Cc2ccccn2)cc1)c1ccccc1. The van der Waals surface area contributed by atoms with Crippen LogP contribution in [0.4, 0.5) is 0 Å². The number of aromatic nitrogens is 1. The van der Waals surface area contributed by atoms with Gasteiger partial charge in [0.05, 0.1) is 23.8 Å². The van der Waals surface area contributed by atoms with E-state index in [1.165, 1.54) is 22.3 Å². The fraction of sp³-hybridized carbons (Fsp3) is 0.242. The predicted octanol–water partition coefficient (Wildman–Crippen LogP) is 7.61. The van der Waals surface area contributed by atoms with Crippen LogP contribution in [0.15, 0.2) is 109 Å². The van der Waals surface area contributed by atoms with Gasteiger partial charge in [0.2, 0.25) is 0 Å². The van der Waals surface area contributed by atoms with Crippen molar-refractivity contribution in [2.24, 2.45) is 0 Å². The Bertz CT molecular complexity index is 1400. The number of ether oxygens (including phenoxy) is 1. The van der Waals surface area contributed by atoms with Crippen LogP contribution < -0.4 is 4.74 Å². The third-order valence-corrected chi connectivity index (χ3v) is 8.09. The van der Waals surface area contributed by atoms with Gasteiger partial charge in [0, 0.05) is 6.20 Å². The van der Waals surface area contributed by atoms with Crippen molar-refractivity contribution in [3.8, 4) is 5.75 Å². The number of unbranched alkanes of at least 4 members (excludes halogenated alkanes) is 2. The quantitative estimate of drug-likeness (QED) is 0.133. The van der Waals surface area contributed by atoms with Gasteiger partial charge in [0.15, 0.2) is 9.84 Å². The Morgan fingerprint density at radius 1 is 0.711 bits per heavy atom. The van der Waals surface area contributed by atoms with Crippen molar-refractivity contribution >= 4 is 21.0 Å². The average Bonchev–Trinajstić information content (AvgIpc) is 2.95. The minimum Gasteiger partial charge on any atom is -0.494 e. The summed E-state index contributed by atoms with van der Waals surface area (Å²) in [6, 6.07) is 34.7. The van der Waals surface area contributed by atoms with Crippen LogP contribution in [0.2, 0.25) is 0 Å². The highest BCUT2D eigenvalue weighted by molar-refractivity contribution is 7.90. The molecule has 5 heteroatoms. The molecule has 0 atom stereocenters. The largest absolute Gasteiger partial charge is 0.494 e. The Hall–Kier alpha value is -3.70. The molecule has 1 aromatic heterocycles. The lowest BCUT2D eigenvalue weighted by molar-refractivity contribution is 0.306. The summed E-state index contributed by atoms with van der Waals surface area (Å²) in [4.78, 5) is 4.12. The summed E-state index contributed by atoms with van der Waals surface area (Å²) < 4.78 is 30.6. The van der Waals surface area contributed by atoms with Gasteiger partial charge in [0.1, 0.15) is 5.75 Å². The topological polar surface area (TPSA) is 56.3 Å². The van der Waals surface area contributed by atoms with Crippen LogP contribution in [0.5, 0.6) is 5.75 Å². The maximum Gasteiger partial charge on any atom is 0.156 e. The molecule has 4 rings (SSSR count). The highest BCUT2D eigenvalue weighted by Crippen LogP contribution is 2.34. The van der Waals surface area contributed by atoms with E-state index in [0.717, 1.165) is 30.6 Å². The first-order valence-corrected chi connectivity index (χ1v) is 15.1. The third-order valence-electron chi connectivity index (χ3n) is 6.45. The molecule has 0 saturated heterocycles. The molecule has 0 bridgehead atoms. The zero-order chi connectivity index (χ0) is 26.6. The van der Waals surface area contributed by atoms with Crippen molar-refractivity contribution < 1.29 is 13.2 Å². The van der Waals surface area contributed by atoms with E-state index in [-0.39, 0.29) is 11.5 Å². The molecule has 4 aromatic rings. The van der Waals surface area contributed by atoms with E-state index in [1.807, 2.05) is 30.3 Å². The summed E-state index contributed by atoms with van der Waals surface area (Å²) in [5.74, 6) is 0.996. The van der Waals surface area contributed by atoms with Gasteiger partial charge in [-0.1, -0.05) is 85.8 Å². The first-order chi connectivity index (χ1) is 18.6. The fourth-order valence-electron chi connectivity index (χ4n) is 4.57. The molecular weight excluding hydrogens is 490 g/mol. The number of hydrogen-bond donors (Lipinski definition) is 0. The number of sulfone groups is 1. The lowest BCUT2D eigenvalue weighted by Crippen LogP contribution is -2.10. The summed E-state index contributed by atoms with van der Waals surface area (Å²) in [5, 5.41) is 0. The van der Waals surface area contributed by atoms with E-state index in [9.17, 15) is 8.42 Å². The Labute approximate surface area is 227 Å². The first kappa shape index (κ1) is 27.3. The molecule has 1 heterocycles. The minimum absolute atomic E-state index is 0.000122. The zero-order valence-corrected chi connectivity index (χ0v) is 22.7. The highest BCUT2D eigenvalue weighted by atomic mass is 32.2. The van der Waals surface area contributed by atoms with Crippen LogP contribution in [0.3, 0.4) is 0 Å². The van der Waals surface area contributed by atoms with E-state index >= 15 is 0 Å². The van der Waals surface area contributed by atoms with Crippen molar-refractivity contribution in [2.45, 2.75) is 38.4 Å². The van der Waals surface area contributed by atoms with Crippen molar-refractivity contribution in [3.63, 3.8) is 0 Å². The van der Waals surface area contributed by atoms with Crippen molar-refractivity contribution in [1.29, 1.82) is 0 Å². The summed E-state index contributed by atoms with van der Waals surface area (Å²) in [6.45, 7) is 2.76. The molecule has 0 aliphatic carbocycles. The molecule has 0 aliphatic heterocycles. The number of benzene rings is 3. The van der Waals surface area contributed by atoms with E-state index in [2.05, 4.69) is 72.6 Å². The summed E-state index contributed by atoms with van der Waals surface area (Å²) in [5.41, 5.74) is 6.72. The lowest BCUT2D eigenvalue weighted by Gasteiger charge is -2.17. The summed E-state index contributed by atoms with van der Waals surface area (Å²) in [7, 11) is -3.15. The van der Waals surface area contributed by atoms with Gasteiger partial charge in [-0.25, -0.2) is 8.42 Å². The van der Waals surface area contributed by atoms with Gasteiger partial charge in [-0.05, 0) is 77.8 Å². The maximum absolute atomic E-state index is 12.3. The number of hydrogen-bond acceptors (Lipinski definition) is 4. The zero-order valence-electron chi connectivity index (χ0n) is 21.9. The maximum atomic E-state index is 12.3.